The second-order valence-corrected chi connectivity index (χ2v) is 10.5. The number of nitrogens with zero attached hydrogens (tertiary/aromatic N) is 2. The van der Waals surface area contributed by atoms with Gasteiger partial charge in [0.05, 0.1) is 44.1 Å². The molecular weight excluding hydrogens is 591 g/mol. The molecule has 7 nitrogen and oxygen atoms in total. The van der Waals surface area contributed by atoms with Gasteiger partial charge in [-0.05, 0) is 71.7 Å². The van der Waals surface area contributed by atoms with Crippen LogP contribution in [-0.2, 0) is 0 Å². The van der Waals surface area contributed by atoms with Gasteiger partial charge in [0.25, 0.3) is 11.1 Å². The Bertz CT molecular complexity index is 1680. The molecule has 0 atom stereocenters. The third-order valence-electron chi connectivity index (χ3n) is 6.51. The average molecular weight is 614 g/mol. The van der Waals surface area contributed by atoms with E-state index in [2.05, 4.69) is 26.1 Å². The van der Waals surface area contributed by atoms with Crippen LogP contribution >= 0.6 is 39.1 Å². The van der Waals surface area contributed by atoms with Crippen LogP contribution in [0, 0.1) is 13.8 Å². The van der Waals surface area contributed by atoms with Gasteiger partial charge in [0.2, 0.25) is 0 Å². The highest BCUT2D eigenvalue weighted by Gasteiger charge is 2.31. The Morgan fingerprint density at radius 3 is 1.68 bits per heavy atom. The van der Waals surface area contributed by atoms with Crippen LogP contribution in [0.25, 0.3) is 11.4 Å². The van der Waals surface area contributed by atoms with Crippen molar-refractivity contribution in [2.75, 3.05) is 7.11 Å². The number of hydrogen-bond donors (Lipinski definition) is 2. The molecule has 0 amide bonds. The number of halogens is 3. The van der Waals surface area contributed by atoms with Crippen LogP contribution in [0.5, 0.6) is 5.75 Å². The molecule has 2 aromatic heterocycles. The summed E-state index contributed by atoms with van der Waals surface area (Å²) in [7, 11) is 1.58. The van der Waals surface area contributed by atoms with Crippen molar-refractivity contribution in [3.05, 3.63) is 130 Å². The number of para-hydroxylation sites is 2. The SMILES string of the molecule is COc1ccc(C(c2c(C)[nH]n(-c3ccccc3Cl)c2=O)c2c(C)[nH]n(-c3ccccc3Cl)c2=O)cc1Br. The van der Waals surface area contributed by atoms with Crippen LogP contribution in [0.1, 0.15) is 34.0 Å². The number of H-pyrrole nitrogens is 2. The molecule has 38 heavy (non-hydrogen) atoms. The zero-order chi connectivity index (χ0) is 27.1. The molecule has 194 valence electrons. The van der Waals surface area contributed by atoms with Crippen molar-refractivity contribution in [2.24, 2.45) is 0 Å². The van der Waals surface area contributed by atoms with Crippen LogP contribution in [-0.4, -0.2) is 26.7 Å². The average Bonchev–Trinajstić information content (AvgIpc) is 3.35. The minimum atomic E-state index is -0.711. The molecule has 0 aliphatic rings. The second-order valence-electron chi connectivity index (χ2n) is 8.81. The highest BCUT2D eigenvalue weighted by Crippen LogP contribution is 2.36. The Labute approximate surface area is 236 Å². The number of hydrogen-bond acceptors (Lipinski definition) is 3. The van der Waals surface area contributed by atoms with Crippen molar-refractivity contribution in [3.8, 4) is 17.1 Å². The lowest BCUT2D eigenvalue weighted by molar-refractivity contribution is 0.412. The van der Waals surface area contributed by atoms with E-state index in [-0.39, 0.29) is 11.1 Å². The highest BCUT2D eigenvalue weighted by atomic mass is 79.9. The summed E-state index contributed by atoms with van der Waals surface area (Å²) in [5.74, 6) is -0.0804. The third kappa shape index (κ3) is 4.42. The van der Waals surface area contributed by atoms with E-state index in [0.717, 1.165) is 5.56 Å². The van der Waals surface area contributed by atoms with Crippen molar-refractivity contribution in [1.29, 1.82) is 0 Å². The van der Waals surface area contributed by atoms with Crippen LogP contribution in [0.2, 0.25) is 10.0 Å². The van der Waals surface area contributed by atoms with Crippen LogP contribution < -0.4 is 15.9 Å². The number of aryl methyl sites for hydroxylation is 2. The number of methoxy groups -OCH3 is 1. The number of nitrogens with one attached hydrogen (secondary N) is 2. The summed E-state index contributed by atoms with van der Waals surface area (Å²) in [5, 5.41) is 7.16. The molecule has 0 bridgehead atoms. The maximum Gasteiger partial charge on any atom is 0.275 e. The van der Waals surface area contributed by atoms with Gasteiger partial charge in [-0.2, -0.15) is 0 Å². The molecule has 0 saturated carbocycles. The molecule has 0 aliphatic heterocycles. The molecule has 0 aliphatic carbocycles. The minimum Gasteiger partial charge on any atom is -0.496 e. The minimum absolute atomic E-state index is 0.308. The fraction of sp³-hybridized carbons (Fsp3) is 0.143. The Balaban J connectivity index is 1.80. The van der Waals surface area contributed by atoms with Gasteiger partial charge in [-0.1, -0.05) is 53.5 Å². The summed E-state index contributed by atoms with van der Waals surface area (Å²) in [6, 6.07) is 19.7. The summed E-state index contributed by atoms with van der Waals surface area (Å²) >= 11 is 16.4. The fourth-order valence-corrected chi connectivity index (χ4v) is 5.74. The molecule has 0 fully saturated rings. The number of rotatable bonds is 6. The predicted molar refractivity (Wildman–Crippen MR) is 154 cm³/mol. The standard InChI is InChI=1S/C28H23BrCl2N4O3/c1-15-24(27(36)34(32-15)21-10-6-4-8-19(21)30)26(17-12-13-23(38-3)18(29)14-17)25-16(2)33-35(28(25)37)22-11-7-5-9-20(22)31/h4-14,26,32-33H,1-3H3. The number of benzene rings is 3. The number of aromatic amines is 2. The van der Waals surface area contributed by atoms with E-state index in [1.54, 1.807) is 61.7 Å². The Morgan fingerprint density at radius 2 is 1.26 bits per heavy atom. The van der Waals surface area contributed by atoms with E-state index in [0.29, 0.717) is 54.2 Å². The smallest absolute Gasteiger partial charge is 0.275 e. The molecule has 5 aromatic rings. The summed E-state index contributed by atoms with van der Waals surface area (Å²) in [4.78, 5) is 28.0. The zero-order valence-electron chi connectivity index (χ0n) is 20.7. The van der Waals surface area contributed by atoms with Crippen molar-refractivity contribution in [2.45, 2.75) is 19.8 Å². The first-order valence-corrected chi connectivity index (χ1v) is 13.2. The summed E-state index contributed by atoms with van der Waals surface area (Å²) < 4.78 is 8.93. The second kappa shape index (κ2) is 10.4. The van der Waals surface area contributed by atoms with Crippen molar-refractivity contribution < 1.29 is 4.74 Å². The molecular formula is C28H23BrCl2N4O3. The molecule has 3 aromatic carbocycles. The Hall–Kier alpha value is -3.46. The first kappa shape index (κ1) is 26.2. The van der Waals surface area contributed by atoms with Gasteiger partial charge in [-0.25, -0.2) is 9.36 Å². The van der Waals surface area contributed by atoms with E-state index in [1.165, 1.54) is 9.36 Å². The number of ether oxygens (including phenoxy) is 1. The maximum absolute atomic E-state index is 14.0. The molecule has 0 radical (unpaired) electrons. The van der Waals surface area contributed by atoms with Gasteiger partial charge >= 0.3 is 0 Å². The van der Waals surface area contributed by atoms with Crippen molar-refractivity contribution >= 4 is 39.1 Å². The maximum atomic E-state index is 14.0. The van der Waals surface area contributed by atoms with Crippen LogP contribution in [0.3, 0.4) is 0 Å². The van der Waals surface area contributed by atoms with Gasteiger partial charge in [-0.15, -0.1) is 0 Å². The summed E-state index contributed by atoms with van der Waals surface area (Å²) in [5.41, 5.74) is 3.21. The van der Waals surface area contributed by atoms with Gasteiger partial charge < -0.3 is 4.74 Å². The molecule has 0 unspecified atom stereocenters. The van der Waals surface area contributed by atoms with Crippen LogP contribution in [0.4, 0.5) is 0 Å². The van der Waals surface area contributed by atoms with Crippen LogP contribution in [0.15, 0.2) is 80.8 Å². The highest BCUT2D eigenvalue weighted by molar-refractivity contribution is 9.10. The fourth-order valence-electron chi connectivity index (χ4n) is 4.74. The van der Waals surface area contributed by atoms with Gasteiger partial charge in [0, 0.05) is 17.3 Å². The number of aromatic nitrogens is 4. The van der Waals surface area contributed by atoms with E-state index < -0.39 is 5.92 Å². The topological polar surface area (TPSA) is 84.8 Å². The molecule has 0 saturated heterocycles. The van der Waals surface area contributed by atoms with Crippen molar-refractivity contribution in [3.63, 3.8) is 0 Å². The monoisotopic (exact) mass is 612 g/mol. The van der Waals surface area contributed by atoms with Crippen molar-refractivity contribution in [1.82, 2.24) is 19.6 Å². The van der Waals surface area contributed by atoms with E-state index in [9.17, 15) is 9.59 Å². The molecule has 0 spiro atoms. The first-order chi connectivity index (χ1) is 18.2. The Morgan fingerprint density at radius 1 is 0.789 bits per heavy atom. The normalized spacial score (nSPS) is 11.3. The molecule has 5 rings (SSSR count). The third-order valence-corrected chi connectivity index (χ3v) is 7.77. The van der Waals surface area contributed by atoms with Gasteiger partial charge in [-0.3, -0.25) is 19.8 Å². The zero-order valence-corrected chi connectivity index (χ0v) is 23.8. The Kier molecular flexibility index (Phi) is 7.13. The van der Waals surface area contributed by atoms with E-state index in [4.69, 9.17) is 27.9 Å². The first-order valence-electron chi connectivity index (χ1n) is 11.7. The lowest BCUT2D eigenvalue weighted by Gasteiger charge is -2.17. The lowest BCUT2D eigenvalue weighted by Crippen LogP contribution is -2.25. The molecule has 10 heteroatoms. The van der Waals surface area contributed by atoms with E-state index in [1.807, 2.05) is 26.0 Å². The quantitative estimate of drug-likeness (QED) is 0.229. The predicted octanol–water partition coefficient (Wildman–Crippen LogP) is 6.52. The lowest BCUT2D eigenvalue weighted by atomic mass is 9.85. The summed E-state index contributed by atoms with van der Waals surface area (Å²) in [6.07, 6.45) is 0. The van der Waals surface area contributed by atoms with E-state index >= 15 is 0 Å². The molecule has 2 heterocycles. The molecule has 2 N–H and O–H groups in total. The van der Waals surface area contributed by atoms with Gasteiger partial charge in [0.1, 0.15) is 5.75 Å². The largest absolute Gasteiger partial charge is 0.496 e. The van der Waals surface area contributed by atoms with Gasteiger partial charge in [0.15, 0.2) is 0 Å². The summed E-state index contributed by atoms with van der Waals surface area (Å²) in [6.45, 7) is 3.62.